The summed E-state index contributed by atoms with van der Waals surface area (Å²) in [6, 6.07) is 7.77. The third-order valence-corrected chi connectivity index (χ3v) is 3.92. The maximum atomic E-state index is 10.6. The van der Waals surface area contributed by atoms with E-state index < -0.39 is 0 Å². The van der Waals surface area contributed by atoms with E-state index in [9.17, 15) is 4.91 Å². The van der Waals surface area contributed by atoms with Gasteiger partial charge in [-0.25, -0.2) is 0 Å². The van der Waals surface area contributed by atoms with E-state index in [-0.39, 0.29) is 0 Å². The van der Waals surface area contributed by atoms with E-state index in [0.29, 0.717) is 11.7 Å². The number of hydrogen-bond acceptors (Lipinski definition) is 4. The summed E-state index contributed by atoms with van der Waals surface area (Å²) >= 11 is 0. The number of nitrogens with zero attached hydrogens (tertiary/aromatic N) is 3. The van der Waals surface area contributed by atoms with E-state index in [2.05, 4.69) is 29.0 Å². The minimum Gasteiger partial charge on any atom is -0.316 e. The average molecular weight is 284 g/mol. The van der Waals surface area contributed by atoms with Crippen LogP contribution in [0.1, 0.15) is 31.1 Å². The minimum atomic E-state index is 0.309. The van der Waals surface area contributed by atoms with E-state index in [0.717, 1.165) is 31.5 Å². The van der Waals surface area contributed by atoms with Crippen LogP contribution in [0.3, 0.4) is 0 Å². The van der Waals surface area contributed by atoms with Crippen molar-refractivity contribution in [1.29, 1.82) is 0 Å². The summed E-state index contributed by atoms with van der Waals surface area (Å²) in [5.74, 6) is 0. The molecule has 1 aromatic carbocycles. The molecule has 2 heterocycles. The maximum absolute atomic E-state index is 10.6. The second kappa shape index (κ2) is 5.77. The smallest absolute Gasteiger partial charge is 0.108 e. The highest BCUT2D eigenvalue weighted by Gasteiger charge is 2.21. The van der Waals surface area contributed by atoms with Crippen LogP contribution in [0, 0.1) is 4.91 Å². The normalized spacial score (nSPS) is 14.8. The number of benzene rings is 1. The third-order valence-electron chi connectivity index (χ3n) is 3.92. The molecule has 1 aliphatic heterocycles. The summed E-state index contributed by atoms with van der Waals surface area (Å²) in [6.07, 6.45) is 1.96. The molecule has 3 rings (SSSR count). The predicted molar refractivity (Wildman–Crippen MR) is 83.8 cm³/mol. The van der Waals surface area contributed by atoms with E-state index in [4.69, 9.17) is 5.10 Å². The van der Waals surface area contributed by atoms with E-state index in [1.807, 2.05) is 12.1 Å². The molecule has 1 aromatic heterocycles. The standard InChI is InChI=1S/C16H20N4O/c1-11(2)20-16(12-3-5-13(19-21)6-4-12)14-7-9-17-10-8-15(14)18-20/h3-6,11,17H,7-10H2,1-2H3. The zero-order valence-corrected chi connectivity index (χ0v) is 12.5. The highest BCUT2D eigenvalue weighted by Crippen LogP contribution is 2.31. The van der Waals surface area contributed by atoms with Crippen LogP contribution in [0.15, 0.2) is 29.4 Å². The highest BCUT2D eigenvalue weighted by molar-refractivity contribution is 5.67. The van der Waals surface area contributed by atoms with E-state index in [1.54, 1.807) is 12.1 Å². The summed E-state index contributed by atoms with van der Waals surface area (Å²) < 4.78 is 2.11. The predicted octanol–water partition coefficient (Wildman–Crippen LogP) is 3.22. The number of nitroso groups, excluding NO2 is 1. The van der Waals surface area contributed by atoms with Crippen LogP contribution in [-0.2, 0) is 12.8 Å². The van der Waals surface area contributed by atoms with Crippen LogP contribution in [0.2, 0.25) is 0 Å². The number of fused-ring (bicyclic) bond motifs is 1. The van der Waals surface area contributed by atoms with Gasteiger partial charge in [0.2, 0.25) is 0 Å². The Morgan fingerprint density at radius 2 is 1.90 bits per heavy atom. The van der Waals surface area contributed by atoms with Crippen LogP contribution in [0.5, 0.6) is 0 Å². The lowest BCUT2D eigenvalue weighted by Gasteiger charge is -2.13. The molecular weight excluding hydrogens is 264 g/mol. The van der Waals surface area contributed by atoms with Crippen molar-refractivity contribution < 1.29 is 0 Å². The largest absolute Gasteiger partial charge is 0.316 e. The van der Waals surface area contributed by atoms with Crippen LogP contribution in [-0.4, -0.2) is 22.9 Å². The van der Waals surface area contributed by atoms with Crippen LogP contribution in [0.25, 0.3) is 11.3 Å². The maximum Gasteiger partial charge on any atom is 0.108 e. The Morgan fingerprint density at radius 3 is 2.57 bits per heavy atom. The SMILES string of the molecule is CC(C)n1nc2c(c1-c1ccc(N=O)cc1)CCNCC2. The highest BCUT2D eigenvalue weighted by atomic mass is 16.3. The summed E-state index contributed by atoms with van der Waals surface area (Å²) in [4.78, 5) is 10.6. The fraction of sp³-hybridized carbons (Fsp3) is 0.438. The fourth-order valence-electron chi connectivity index (χ4n) is 2.88. The van der Waals surface area contributed by atoms with Gasteiger partial charge >= 0.3 is 0 Å². The number of aromatic nitrogens is 2. The lowest BCUT2D eigenvalue weighted by Crippen LogP contribution is -2.17. The Labute approximate surface area is 124 Å². The van der Waals surface area contributed by atoms with Gasteiger partial charge in [-0.2, -0.15) is 5.10 Å². The Morgan fingerprint density at radius 1 is 1.19 bits per heavy atom. The lowest BCUT2D eigenvalue weighted by molar-refractivity contribution is 0.529. The third kappa shape index (κ3) is 2.61. The van der Waals surface area contributed by atoms with Crippen molar-refractivity contribution in [3.63, 3.8) is 0 Å². The molecule has 0 radical (unpaired) electrons. The quantitative estimate of drug-likeness (QED) is 0.880. The first kappa shape index (κ1) is 13.9. The molecule has 0 fully saturated rings. The molecule has 5 heteroatoms. The first-order chi connectivity index (χ1) is 10.2. The summed E-state index contributed by atoms with van der Waals surface area (Å²) in [5.41, 5.74) is 5.27. The molecule has 1 N–H and O–H groups in total. The topological polar surface area (TPSA) is 59.3 Å². The second-order valence-electron chi connectivity index (χ2n) is 5.70. The molecule has 1 aliphatic rings. The van der Waals surface area contributed by atoms with Gasteiger partial charge in [0.25, 0.3) is 0 Å². The molecule has 0 aliphatic carbocycles. The van der Waals surface area contributed by atoms with Gasteiger partial charge in [0, 0.05) is 30.1 Å². The van der Waals surface area contributed by atoms with Crippen LogP contribution in [0.4, 0.5) is 5.69 Å². The average Bonchev–Trinajstić information content (AvgIpc) is 2.71. The molecule has 2 aromatic rings. The molecule has 0 unspecified atom stereocenters. The van der Waals surface area contributed by atoms with Gasteiger partial charge in [-0.15, -0.1) is 4.91 Å². The van der Waals surface area contributed by atoms with Gasteiger partial charge in [-0.05, 0) is 44.1 Å². The van der Waals surface area contributed by atoms with Crippen molar-refractivity contribution in [2.75, 3.05) is 13.1 Å². The minimum absolute atomic E-state index is 0.309. The zero-order chi connectivity index (χ0) is 14.8. The molecule has 0 saturated heterocycles. The molecule has 110 valence electrons. The summed E-state index contributed by atoms with van der Waals surface area (Å²) in [7, 11) is 0. The molecule has 0 bridgehead atoms. The van der Waals surface area contributed by atoms with Gasteiger partial charge in [0.05, 0.1) is 11.4 Å². The Hall–Kier alpha value is -2.01. The van der Waals surface area contributed by atoms with Gasteiger partial charge in [-0.3, -0.25) is 4.68 Å². The van der Waals surface area contributed by atoms with Crippen molar-refractivity contribution in [3.8, 4) is 11.3 Å². The summed E-state index contributed by atoms with van der Waals surface area (Å²) in [5, 5.41) is 11.2. The van der Waals surface area contributed by atoms with Crippen molar-refractivity contribution >= 4 is 5.69 Å². The fourth-order valence-corrected chi connectivity index (χ4v) is 2.88. The van der Waals surface area contributed by atoms with Gasteiger partial charge in [0.1, 0.15) is 5.69 Å². The van der Waals surface area contributed by atoms with Gasteiger partial charge in [-0.1, -0.05) is 12.1 Å². The van der Waals surface area contributed by atoms with Gasteiger partial charge < -0.3 is 5.32 Å². The Balaban J connectivity index is 2.13. The molecule has 0 atom stereocenters. The molecule has 0 amide bonds. The van der Waals surface area contributed by atoms with Crippen molar-refractivity contribution in [2.45, 2.75) is 32.7 Å². The Kier molecular flexibility index (Phi) is 3.84. The first-order valence-corrected chi connectivity index (χ1v) is 7.45. The number of rotatable bonds is 3. The van der Waals surface area contributed by atoms with Gasteiger partial charge in [0.15, 0.2) is 0 Å². The summed E-state index contributed by atoms with van der Waals surface area (Å²) in [6.45, 7) is 6.26. The molecule has 0 spiro atoms. The molecular formula is C16H20N4O. The van der Waals surface area contributed by atoms with Crippen molar-refractivity contribution in [1.82, 2.24) is 15.1 Å². The Bertz CT molecular complexity index is 643. The van der Waals surface area contributed by atoms with E-state index in [1.165, 1.54) is 17.0 Å². The number of nitrogens with one attached hydrogen (secondary N) is 1. The number of hydrogen-bond donors (Lipinski definition) is 1. The second-order valence-corrected chi connectivity index (χ2v) is 5.70. The van der Waals surface area contributed by atoms with Crippen molar-refractivity contribution in [3.05, 3.63) is 40.4 Å². The molecule has 21 heavy (non-hydrogen) atoms. The zero-order valence-electron chi connectivity index (χ0n) is 12.5. The van der Waals surface area contributed by atoms with Crippen LogP contribution < -0.4 is 5.32 Å². The van der Waals surface area contributed by atoms with E-state index >= 15 is 0 Å². The van der Waals surface area contributed by atoms with Crippen molar-refractivity contribution in [2.24, 2.45) is 5.18 Å². The monoisotopic (exact) mass is 284 g/mol. The molecule has 0 saturated carbocycles. The molecule has 5 nitrogen and oxygen atoms in total. The lowest BCUT2D eigenvalue weighted by atomic mass is 10.0. The first-order valence-electron chi connectivity index (χ1n) is 7.45. The van der Waals surface area contributed by atoms with Crippen LogP contribution >= 0.6 is 0 Å².